The maximum absolute atomic E-state index is 12.0. The first-order valence-electron chi connectivity index (χ1n) is 7.20. The lowest BCUT2D eigenvalue weighted by molar-refractivity contribution is -0.384. The van der Waals surface area contributed by atoms with Crippen LogP contribution in [-0.2, 0) is 19.1 Å². The van der Waals surface area contributed by atoms with Crippen LogP contribution in [0.3, 0.4) is 0 Å². The molecule has 2 rings (SSSR count). The highest BCUT2D eigenvalue weighted by Crippen LogP contribution is 2.18. The number of carbonyl (C=O) groups is 1. The summed E-state index contributed by atoms with van der Waals surface area (Å²) in [4.78, 5) is 26.6. The molecule has 136 valence electrons. The predicted molar refractivity (Wildman–Crippen MR) is 91.3 cm³/mol. The van der Waals surface area contributed by atoms with Crippen molar-refractivity contribution in [3.05, 3.63) is 64.2 Å². The van der Waals surface area contributed by atoms with Gasteiger partial charge < -0.3 is 9.02 Å². The zero-order chi connectivity index (χ0) is 19.3. The summed E-state index contributed by atoms with van der Waals surface area (Å²) >= 11 is 0. The summed E-state index contributed by atoms with van der Waals surface area (Å²) in [5.74, 6) is -1.07. The lowest BCUT2D eigenvalue weighted by atomic mass is 10.2. The van der Waals surface area contributed by atoms with E-state index in [1.165, 1.54) is 43.3 Å². The molecular weight excluding hydrogens is 364 g/mol. The molecule has 0 amide bonds. The molecule has 0 saturated heterocycles. The molecule has 0 atom stereocenters. The molecule has 0 unspecified atom stereocenters. The number of carbonyl (C=O) groups excluding carboxylic acids is 1. The summed E-state index contributed by atoms with van der Waals surface area (Å²) in [6.07, 6.45) is 0. The van der Waals surface area contributed by atoms with Crippen LogP contribution < -0.4 is 4.84 Å². The van der Waals surface area contributed by atoms with Crippen molar-refractivity contribution in [3.8, 4) is 5.75 Å². The lowest BCUT2D eigenvalue weighted by Crippen LogP contribution is -2.20. The molecule has 9 nitrogen and oxygen atoms in total. The zero-order valence-electron chi connectivity index (χ0n) is 13.8. The molecule has 26 heavy (non-hydrogen) atoms. The molecule has 0 saturated carbocycles. The number of nitro benzene ring substituents is 1. The highest BCUT2D eigenvalue weighted by molar-refractivity contribution is 7.87. The van der Waals surface area contributed by atoms with Gasteiger partial charge in [0.25, 0.3) is 5.69 Å². The number of nitro groups is 1. The quantitative estimate of drug-likeness (QED) is 0.327. The van der Waals surface area contributed by atoms with E-state index in [-0.39, 0.29) is 22.0 Å². The van der Waals surface area contributed by atoms with Crippen molar-refractivity contribution in [1.29, 1.82) is 0 Å². The summed E-state index contributed by atoms with van der Waals surface area (Å²) in [6, 6.07) is 10.7. The van der Waals surface area contributed by atoms with Crippen molar-refractivity contribution < 1.29 is 27.2 Å². The first-order chi connectivity index (χ1) is 12.2. The highest BCUT2D eigenvalue weighted by atomic mass is 32.2. The van der Waals surface area contributed by atoms with E-state index < -0.39 is 21.0 Å². The van der Waals surface area contributed by atoms with Crippen LogP contribution in [0.5, 0.6) is 5.75 Å². The van der Waals surface area contributed by atoms with E-state index in [0.29, 0.717) is 0 Å². The Bertz CT molecular complexity index is 949. The van der Waals surface area contributed by atoms with E-state index in [4.69, 9.17) is 4.84 Å². The van der Waals surface area contributed by atoms with Gasteiger partial charge >= 0.3 is 16.1 Å². The largest absolute Gasteiger partial charge is 0.371 e. The molecule has 0 fully saturated rings. The second-order valence-electron chi connectivity index (χ2n) is 5.16. The van der Waals surface area contributed by atoms with Gasteiger partial charge in [0.15, 0.2) is 11.5 Å². The molecule has 10 heteroatoms. The van der Waals surface area contributed by atoms with Gasteiger partial charge in [0.05, 0.1) is 4.92 Å². The van der Waals surface area contributed by atoms with Crippen LogP contribution in [0.25, 0.3) is 0 Å². The molecule has 0 aliphatic carbocycles. The van der Waals surface area contributed by atoms with E-state index in [9.17, 15) is 23.3 Å². The van der Waals surface area contributed by atoms with Gasteiger partial charge in [-0.25, -0.2) is 4.79 Å². The first kappa shape index (κ1) is 19.1. The maximum Gasteiger partial charge on any atom is 0.371 e. The Morgan fingerprint density at radius 3 is 2.19 bits per heavy atom. The smallest absolute Gasteiger partial charge is 0.356 e. The molecule has 0 aliphatic rings. The van der Waals surface area contributed by atoms with Crippen LogP contribution in [0.15, 0.2) is 58.6 Å². The molecule has 0 heterocycles. The van der Waals surface area contributed by atoms with Crippen LogP contribution in [-0.4, -0.2) is 25.0 Å². The second kappa shape index (κ2) is 7.74. The SMILES string of the molecule is CC(=NOc1ccc([N+](=O)[O-])cc1)C(=O)OS(=O)(=O)c1ccc(C)cc1. The molecular formula is C16H14N2O7S. The van der Waals surface area contributed by atoms with Gasteiger partial charge in [-0.05, 0) is 38.1 Å². The molecule has 0 aliphatic heterocycles. The molecule has 0 N–H and O–H groups in total. The van der Waals surface area contributed by atoms with E-state index in [2.05, 4.69) is 9.34 Å². The number of rotatable bonds is 6. The van der Waals surface area contributed by atoms with Gasteiger partial charge in [-0.3, -0.25) is 10.1 Å². The van der Waals surface area contributed by atoms with Gasteiger partial charge in [0.1, 0.15) is 4.90 Å². The third-order valence-electron chi connectivity index (χ3n) is 3.13. The van der Waals surface area contributed by atoms with E-state index in [1.54, 1.807) is 19.1 Å². The monoisotopic (exact) mass is 378 g/mol. The number of benzene rings is 2. The van der Waals surface area contributed by atoms with Crippen molar-refractivity contribution in [3.63, 3.8) is 0 Å². The average Bonchev–Trinajstić information content (AvgIpc) is 2.60. The molecule has 2 aromatic rings. The van der Waals surface area contributed by atoms with E-state index >= 15 is 0 Å². The minimum absolute atomic E-state index is 0.129. The summed E-state index contributed by atoms with van der Waals surface area (Å²) in [5, 5.41) is 14.0. The lowest BCUT2D eigenvalue weighted by Gasteiger charge is -2.05. The normalized spacial score (nSPS) is 11.7. The minimum Gasteiger partial charge on any atom is -0.356 e. The third kappa shape index (κ3) is 4.86. The number of hydrogen-bond acceptors (Lipinski definition) is 8. The van der Waals surface area contributed by atoms with Gasteiger partial charge in [-0.1, -0.05) is 22.9 Å². The molecule has 0 radical (unpaired) electrons. The third-order valence-corrected chi connectivity index (χ3v) is 4.35. The van der Waals surface area contributed by atoms with Crippen LogP contribution in [0.4, 0.5) is 5.69 Å². The fourth-order valence-corrected chi connectivity index (χ4v) is 2.59. The van der Waals surface area contributed by atoms with Gasteiger partial charge in [0.2, 0.25) is 0 Å². The Labute approximate surface area is 149 Å². The Morgan fingerprint density at radius 2 is 1.65 bits per heavy atom. The van der Waals surface area contributed by atoms with Crippen molar-refractivity contribution in [1.82, 2.24) is 0 Å². The van der Waals surface area contributed by atoms with Gasteiger partial charge in [-0.15, -0.1) is 0 Å². The van der Waals surface area contributed by atoms with Crippen molar-refractivity contribution in [2.24, 2.45) is 5.16 Å². The van der Waals surface area contributed by atoms with Crippen molar-refractivity contribution in [2.75, 3.05) is 0 Å². The molecule has 2 aromatic carbocycles. The van der Waals surface area contributed by atoms with E-state index in [1.807, 2.05) is 0 Å². The number of aryl methyl sites for hydroxylation is 1. The fourth-order valence-electron chi connectivity index (χ4n) is 1.70. The maximum atomic E-state index is 12.0. The van der Waals surface area contributed by atoms with Crippen molar-refractivity contribution in [2.45, 2.75) is 18.7 Å². The standard InChI is InChI=1S/C16H14N2O7S/c1-11-3-9-15(10-4-11)26(22,23)25-16(19)12(2)17-24-14-7-5-13(6-8-14)18(20)21/h3-10H,1-2H3. The Kier molecular flexibility index (Phi) is 5.68. The average molecular weight is 378 g/mol. The van der Waals surface area contributed by atoms with Gasteiger partial charge in [0, 0.05) is 12.1 Å². The molecule has 0 bridgehead atoms. The van der Waals surface area contributed by atoms with Gasteiger partial charge in [-0.2, -0.15) is 8.42 Å². The Balaban J connectivity index is 2.05. The molecule has 0 aromatic heterocycles. The number of non-ortho nitro benzene ring substituents is 1. The summed E-state index contributed by atoms with van der Waals surface area (Å²) < 4.78 is 28.6. The van der Waals surface area contributed by atoms with E-state index in [0.717, 1.165) is 5.56 Å². The highest BCUT2D eigenvalue weighted by Gasteiger charge is 2.22. The summed E-state index contributed by atoms with van der Waals surface area (Å²) in [6.45, 7) is 2.99. The van der Waals surface area contributed by atoms with Crippen LogP contribution in [0.2, 0.25) is 0 Å². The zero-order valence-corrected chi connectivity index (χ0v) is 14.6. The van der Waals surface area contributed by atoms with Crippen LogP contribution in [0.1, 0.15) is 12.5 Å². The van der Waals surface area contributed by atoms with Crippen LogP contribution in [0, 0.1) is 17.0 Å². The number of hydrogen-bond donors (Lipinski definition) is 0. The fraction of sp³-hybridized carbons (Fsp3) is 0.125. The summed E-state index contributed by atoms with van der Waals surface area (Å²) in [7, 11) is -4.28. The minimum atomic E-state index is -4.28. The predicted octanol–water partition coefficient (Wildman–Crippen LogP) is 2.59. The second-order valence-corrected chi connectivity index (χ2v) is 6.70. The van der Waals surface area contributed by atoms with Crippen molar-refractivity contribution >= 4 is 27.5 Å². The summed E-state index contributed by atoms with van der Waals surface area (Å²) in [5.41, 5.74) is 0.366. The first-order valence-corrected chi connectivity index (χ1v) is 8.61. The topological polar surface area (TPSA) is 125 Å². The number of nitrogens with zero attached hydrogens (tertiary/aromatic N) is 2. The Hall–Kier alpha value is -3.27. The molecule has 0 spiro atoms. The number of oxime groups is 1. The Morgan fingerprint density at radius 1 is 1.08 bits per heavy atom. The van der Waals surface area contributed by atoms with Crippen LogP contribution >= 0.6 is 0 Å².